The van der Waals surface area contributed by atoms with E-state index in [1.807, 2.05) is 0 Å². The Balaban J connectivity index is 2.94. The summed E-state index contributed by atoms with van der Waals surface area (Å²) in [6.07, 6.45) is -8.59. The number of hydrogen-bond donors (Lipinski definition) is 1. The summed E-state index contributed by atoms with van der Waals surface area (Å²) >= 11 is 0. The van der Waals surface area contributed by atoms with E-state index in [4.69, 9.17) is 9.47 Å². The van der Waals surface area contributed by atoms with E-state index in [1.165, 1.54) is 0 Å². The van der Waals surface area contributed by atoms with Gasteiger partial charge in [0.2, 0.25) is 0 Å². The Kier molecular flexibility index (Phi) is 5.96. The minimum Gasteiger partial charge on any atom is -0.388 e. The molecular formula is C7H11N3O12. The fourth-order valence-corrected chi connectivity index (χ4v) is 1.79. The van der Waals surface area contributed by atoms with Crippen LogP contribution < -0.4 is 0 Å². The highest BCUT2D eigenvalue weighted by atomic mass is 17.0. The molecule has 0 radical (unpaired) electrons. The predicted octanol–water partition coefficient (Wildman–Crippen LogP) is -1.92. The van der Waals surface area contributed by atoms with Crippen molar-refractivity contribution in [2.45, 2.75) is 30.7 Å². The Hall–Kier alpha value is -2.52. The van der Waals surface area contributed by atoms with Crippen LogP contribution >= 0.6 is 0 Å². The minimum atomic E-state index is -1.95. The number of aliphatic hydroxyl groups is 1. The standard InChI is InChI=1S/C7H11N3O12/c1-18-7-6(22-10(16)17)4(11)5(21-9(14)15)3(20-7)2-19-8(12)13/h3-7,11H,2H2,1H3/t3-,4+,5-,6+,7+/m1/s1. The van der Waals surface area contributed by atoms with Gasteiger partial charge in [0.05, 0.1) is 0 Å². The zero-order valence-corrected chi connectivity index (χ0v) is 10.9. The molecule has 0 spiro atoms. The van der Waals surface area contributed by atoms with Crippen LogP contribution in [0.1, 0.15) is 0 Å². The van der Waals surface area contributed by atoms with Crippen molar-refractivity contribution in [2.75, 3.05) is 13.7 Å². The van der Waals surface area contributed by atoms with E-state index in [-0.39, 0.29) is 0 Å². The molecule has 126 valence electrons. The SMILES string of the molecule is CO[C@H]1O[C@H](CO[N+](=O)[O-])[C@@H](O[N+](=O)[O-])[C@H](O)[C@@H]1O[N+](=O)[O-]. The van der Waals surface area contributed by atoms with Crippen LogP contribution in [0.2, 0.25) is 0 Å². The lowest BCUT2D eigenvalue weighted by Gasteiger charge is -2.41. The van der Waals surface area contributed by atoms with Gasteiger partial charge in [-0.3, -0.25) is 0 Å². The van der Waals surface area contributed by atoms with Crippen molar-refractivity contribution in [1.29, 1.82) is 0 Å². The molecule has 1 rings (SSSR count). The number of hydrogen-bond acceptors (Lipinski definition) is 12. The first-order valence-electron chi connectivity index (χ1n) is 5.52. The molecule has 0 aromatic heterocycles. The molecule has 0 aromatic rings. The van der Waals surface area contributed by atoms with Gasteiger partial charge in [-0.05, 0) is 0 Å². The third-order valence-electron chi connectivity index (χ3n) is 2.61. The first kappa shape index (κ1) is 17.5. The van der Waals surface area contributed by atoms with Crippen LogP contribution in [0.5, 0.6) is 0 Å². The van der Waals surface area contributed by atoms with Crippen molar-refractivity contribution < 1.29 is 44.4 Å². The lowest BCUT2D eigenvalue weighted by molar-refractivity contribution is -0.794. The van der Waals surface area contributed by atoms with Crippen LogP contribution in [0.4, 0.5) is 0 Å². The summed E-state index contributed by atoms with van der Waals surface area (Å²) in [5.74, 6) is 0. The first-order chi connectivity index (χ1) is 10.3. The maximum Gasteiger partial charge on any atom is 0.295 e. The van der Waals surface area contributed by atoms with Gasteiger partial charge in [0.1, 0.15) is 18.8 Å². The summed E-state index contributed by atoms with van der Waals surface area (Å²) in [5.41, 5.74) is 0. The fourth-order valence-electron chi connectivity index (χ4n) is 1.79. The Labute approximate surface area is 120 Å². The van der Waals surface area contributed by atoms with Gasteiger partial charge in [-0.2, -0.15) is 0 Å². The Morgan fingerprint density at radius 2 is 1.59 bits per heavy atom. The molecule has 15 nitrogen and oxygen atoms in total. The van der Waals surface area contributed by atoms with Crippen LogP contribution in [-0.2, 0) is 24.0 Å². The molecule has 22 heavy (non-hydrogen) atoms. The van der Waals surface area contributed by atoms with E-state index in [1.54, 1.807) is 0 Å². The molecule has 0 amide bonds. The molecule has 15 heteroatoms. The average Bonchev–Trinajstić information content (AvgIpc) is 2.41. The van der Waals surface area contributed by atoms with Crippen LogP contribution in [0.15, 0.2) is 0 Å². The molecule has 0 aliphatic carbocycles. The van der Waals surface area contributed by atoms with Crippen molar-refractivity contribution in [2.24, 2.45) is 0 Å². The highest BCUT2D eigenvalue weighted by Crippen LogP contribution is 2.26. The molecule has 0 bridgehead atoms. The topological polar surface area (TPSA) is 196 Å². The van der Waals surface area contributed by atoms with Crippen LogP contribution in [0.25, 0.3) is 0 Å². The largest absolute Gasteiger partial charge is 0.388 e. The molecule has 5 atom stereocenters. The first-order valence-corrected chi connectivity index (χ1v) is 5.52. The van der Waals surface area contributed by atoms with Gasteiger partial charge in [-0.15, -0.1) is 30.3 Å². The van der Waals surface area contributed by atoms with E-state index < -0.39 is 52.6 Å². The molecule has 1 aliphatic heterocycles. The number of methoxy groups -OCH3 is 1. The average molecular weight is 329 g/mol. The van der Waals surface area contributed by atoms with E-state index >= 15 is 0 Å². The Morgan fingerprint density at radius 3 is 2.05 bits per heavy atom. The summed E-state index contributed by atoms with van der Waals surface area (Å²) < 4.78 is 9.72. The predicted molar refractivity (Wildman–Crippen MR) is 58.4 cm³/mol. The molecular weight excluding hydrogens is 318 g/mol. The zero-order valence-electron chi connectivity index (χ0n) is 10.9. The minimum absolute atomic E-state index is 0.840. The number of rotatable bonds is 8. The fraction of sp³-hybridized carbons (Fsp3) is 1.00. The van der Waals surface area contributed by atoms with Crippen LogP contribution in [0.3, 0.4) is 0 Å². The van der Waals surface area contributed by atoms with Gasteiger partial charge in [0.15, 0.2) is 18.5 Å². The van der Waals surface area contributed by atoms with Gasteiger partial charge in [0, 0.05) is 7.11 Å². The van der Waals surface area contributed by atoms with Crippen molar-refractivity contribution in [1.82, 2.24) is 0 Å². The summed E-state index contributed by atoms with van der Waals surface area (Å²) in [7, 11) is 1.05. The number of ether oxygens (including phenoxy) is 2. The Bertz CT molecular complexity index is 429. The monoisotopic (exact) mass is 329 g/mol. The third-order valence-corrected chi connectivity index (χ3v) is 2.61. The maximum absolute atomic E-state index is 10.4. The molecule has 0 aromatic carbocycles. The van der Waals surface area contributed by atoms with Crippen molar-refractivity contribution in [3.8, 4) is 0 Å². The van der Waals surface area contributed by atoms with Gasteiger partial charge in [0.25, 0.3) is 15.3 Å². The summed E-state index contributed by atoms with van der Waals surface area (Å²) in [6, 6.07) is 0. The third kappa shape index (κ3) is 4.50. The van der Waals surface area contributed by atoms with Crippen molar-refractivity contribution >= 4 is 0 Å². The van der Waals surface area contributed by atoms with Crippen LogP contribution in [-0.4, -0.2) is 64.8 Å². The smallest absolute Gasteiger partial charge is 0.295 e. The molecule has 1 heterocycles. The molecule has 1 aliphatic rings. The van der Waals surface area contributed by atoms with Gasteiger partial charge >= 0.3 is 0 Å². The maximum atomic E-state index is 10.4. The molecule has 1 saturated heterocycles. The molecule has 1 fully saturated rings. The van der Waals surface area contributed by atoms with Gasteiger partial charge < -0.3 is 29.1 Å². The summed E-state index contributed by atoms with van der Waals surface area (Å²) in [4.78, 5) is 43.2. The highest BCUT2D eigenvalue weighted by Gasteiger charge is 2.50. The van der Waals surface area contributed by atoms with E-state index in [0.717, 1.165) is 7.11 Å². The van der Waals surface area contributed by atoms with Crippen molar-refractivity contribution in [3.05, 3.63) is 30.3 Å². The second kappa shape index (κ2) is 7.48. The normalized spacial score (nSPS) is 31.1. The number of nitrogens with zero attached hydrogens (tertiary/aromatic N) is 3. The highest BCUT2D eigenvalue weighted by molar-refractivity contribution is 4.90. The van der Waals surface area contributed by atoms with Gasteiger partial charge in [-0.25, -0.2) is 0 Å². The zero-order chi connectivity index (χ0) is 16.9. The van der Waals surface area contributed by atoms with Crippen molar-refractivity contribution in [3.63, 3.8) is 0 Å². The second-order valence-corrected chi connectivity index (χ2v) is 3.88. The van der Waals surface area contributed by atoms with Gasteiger partial charge in [-0.1, -0.05) is 0 Å². The Morgan fingerprint density at radius 1 is 1.05 bits per heavy atom. The van der Waals surface area contributed by atoms with E-state index in [2.05, 4.69) is 14.5 Å². The van der Waals surface area contributed by atoms with E-state index in [9.17, 15) is 35.4 Å². The lowest BCUT2D eigenvalue weighted by Crippen LogP contribution is -2.61. The molecule has 0 saturated carbocycles. The summed E-state index contributed by atoms with van der Waals surface area (Å²) in [6.45, 7) is -0.840. The lowest BCUT2D eigenvalue weighted by atomic mass is 9.99. The summed E-state index contributed by atoms with van der Waals surface area (Å²) in [5, 5.41) is 37.1. The number of aliphatic hydroxyl groups excluding tert-OH is 1. The molecule has 1 N–H and O–H groups in total. The van der Waals surface area contributed by atoms with Crippen LogP contribution in [0, 0.1) is 30.3 Å². The van der Waals surface area contributed by atoms with E-state index in [0.29, 0.717) is 0 Å². The second-order valence-electron chi connectivity index (χ2n) is 3.88. The quantitative estimate of drug-likeness (QED) is 0.383. The molecule has 0 unspecified atom stereocenters.